The third-order valence-electron chi connectivity index (χ3n) is 6.73. The fraction of sp³-hybridized carbons (Fsp3) is 0.310. The highest BCUT2D eigenvalue weighted by molar-refractivity contribution is 5.93. The summed E-state index contributed by atoms with van der Waals surface area (Å²) in [6.45, 7) is 7.63. The maximum absolute atomic E-state index is 13.7. The minimum atomic E-state index is -0.226. The zero-order valence-electron chi connectivity index (χ0n) is 21.0. The molecule has 1 N–H and O–H groups in total. The lowest BCUT2D eigenvalue weighted by molar-refractivity contribution is -0.120. The van der Waals surface area contributed by atoms with Crippen molar-refractivity contribution >= 4 is 28.6 Å². The minimum Gasteiger partial charge on any atom is -0.351 e. The summed E-state index contributed by atoms with van der Waals surface area (Å²) in [6, 6.07) is 17.9. The number of nitrogens with one attached hydrogen (secondary N) is 1. The van der Waals surface area contributed by atoms with Crippen molar-refractivity contribution in [1.82, 2.24) is 14.5 Å². The number of hydrogen-bond donors (Lipinski definition) is 1. The average molecular weight is 482 g/mol. The molecule has 184 valence electrons. The number of nitrogens with zero attached hydrogens (tertiary/aromatic N) is 4. The lowest BCUT2D eigenvalue weighted by atomic mass is 9.97. The zero-order valence-corrected chi connectivity index (χ0v) is 21.0. The van der Waals surface area contributed by atoms with Crippen LogP contribution in [0, 0.1) is 26.7 Å². The van der Waals surface area contributed by atoms with Gasteiger partial charge in [0, 0.05) is 25.0 Å². The predicted octanol–water partition coefficient (Wildman–Crippen LogP) is 4.62. The summed E-state index contributed by atoms with van der Waals surface area (Å²) in [4.78, 5) is 38.0. The molecule has 0 spiro atoms. The van der Waals surface area contributed by atoms with Gasteiger partial charge in [-0.05, 0) is 74.6 Å². The number of pyridine rings is 1. The van der Waals surface area contributed by atoms with Crippen molar-refractivity contribution < 1.29 is 4.79 Å². The number of rotatable bonds is 5. The monoisotopic (exact) mass is 481 g/mol. The van der Waals surface area contributed by atoms with Gasteiger partial charge in [-0.1, -0.05) is 35.9 Å². The number of fused-ring (bicyclic) bond motifs is 1. The molecule has 1 amide bonds. The van der Waals surface area contributed by atoms with Crippen LogP contribution in [0.1, 0.15) is 35.1 Å². The van der Waals surface area contributed by atoms with Crippen molar-refractivity contribution in [1.29, 1.82) is 0 Å². The third kappa shape index (κ3) is 5.00. The van der Waals surface area contributed by atoms with Crippen LogP contribution in [-0.2, 0) is 11.3 Å². The van der Waals surface area contributed by atoms with Crippen LogP contribution in [0.15, 0.2) is 65.6 Å². The molecule has 2 aromatic heterocycles. The molecule has 0 aliphatic carbocycles. The van der Waals surface area contributed by atoms with Crippen LogP contribution >= 0.6 is 0 Å². The van der Waals surface area contributed by atoms with Gasteiger partial charge in [0.2, 0.25) is 5.91 Å². The molecule has 7 nitrogen and oxygen atoms in total. The molecule has 7 heteroatoms. The lowest BCUT2D eigenvalue weighted by Gasteiger charge is -2.32. The zero-order chi connectivity index (χ0) is 25.2. The molecule has 3 heterocycles. The Morgan fingerprint density at radius 2 is 1.78 bits per heavy atom. The molecule has 1 saturated heterocycles. The Hall–Kier alpha value is -4.00. The summed E-state index contributed by atoms with van der Waals surface area (Å²) in [6.07, 6.45) is 3.28. The van der Waals surface area contributed by atoms with E-state index < -0.39 is 0 Å². The van der Waals surface area contributed by atoms with Crippen LogP contribution < -0.4 is 15.8 Å². The molecular formula is C29H31N5O2. The SMILES string of the molecule is Cc1ccc(Cn2c(=O)c(N3CCCC(C(=O)Nc4cc(C)cc(C)c4)C3)nc3cccnc32)cc1. The maximum atomic E-state index is 13.7. The highest BCUT2D eigenvalue weighted by Crippen LogP contribution is 2.23. The van der Waals surface area contributed by atoms with Crippen molar-refractivity contribution in [3.63, 3.8) is 0 Å². The molecule has 0 bridgehead atoms. The van der Waals surface area contributed by atoms with Gasteiger partial charge in [0.05, 0.1) is 12.5 Å². The van der Waals surface area contributed by atoms with Crippen LogP contribution in [0.2, 0.25) is 0 Å². The largest absolute Gasteiger partial charge is 0.351 e. The highest BCUT2D eigenvalue weighted by atomic mass is 16.2. The van der Waals surface area contributed by atoms with E-state index in [-0.39, 0.29) is 17.4 Å². The number of amides is 1. The van der Waals surface area contributed by atoms with Gasteiger partial charge in [0.25, 0.3) is 5.56 Å². The second kappa shape index (κ2) is 9.93. The maximum Gasteiger partial charge on any atom is 0.295 e. The molecule has 0 radical (unpaired) electrons. The second-order valence-corrected chi connectivity index (χ2v) is 9.81. The number of aromatic nitrogens is 3. The van der Waals surface area contributed by atoms with E-state index >= 15 is 0 Å². The molecule has 4 aromatic rings. The molecule has 0 saturated carbocycles. The van der Waals surface area contributed by atoms with Gasteiger partial charge < -0.3 is 10.2 Å². The Labute approximate surface area is 210 Å². The normalized spacial score (nSPS) is 15.8. The van der Waals surface area contributed by atoms with Crippen LogP contribution in [0.4, 0.5) is 11.5 Å². The smallest absolute Gasteiger partial charge is 0.295 e. The van der Waals surface area contributed by atoms with Crippen molar-refractivity contribution in [2.75, 3.05) is 23.3 Å². The average Bonchev–Trinajstić information content (AvgIpc) is 2.86. The van der Waals surface area contributed by atoms with Gasteiger partial charge in [0.15, 0.2) is 11.5 Å². The van der Waals surface area contributed by atoms with E-state index in [4.69, 9.17) is 4.98 Å². The summed E-state index contributed by atoms with van der Waals surface area (Å²) < 4.78 is 1.70. The Morgan fingerprint density at radius 1 is 1.03 bits per heavy atom. The standard InChI is InChI=1S/C29H31N5O2/c1-19-8-10-22(11-9-19)17-34-26-25(7-4-12-30-26)32-27(29(34)36)33-13-5-6-23(18-33)28(35)31-24-15-20(2)14-21(3)16-24/h4,7-12,14-16,23H,5-6,13,17-18H2,1-3H3,(H,31,35). The Morgan fingerprint density at radius 3 is 2.53 bits per heavy atom. The molecule has 5 rings (SSSR count). The number of hydrogen-bond acceptors (Lipinski definition) is 5. The van der Waals surface area contributed by atoms with E-state index in [2.05, 4.69) is 16.4 Å². The Bertz CT molecular complexity index is 1460. The van der Waals surface area contributed by atoms with E-state index in [1.807, 2.05) is 74.2 Å². The number of aryl methyl sites for hydroxylation is 3. The van der Waals surface area contributed by atoms with E-state index in [1.54, 1.807) is 10.8 Å². The predicted molar refractivity (Wildman–Crippen MR) is 144 cm³/mol. The Kier molecular flexibility index (Phi) is 6.55. The first-order valence-electron chi connectivity index (χ1n) is 12.4. The van der Waals surface area contributed by atoms with Crippen molar-refractivity contribution in [3.05, 3.63) is 93.4 Å². The first kappa shape index (κ1) is 23.7. The van der Waals surface area contributed by atoms with Crippen molar-refractivity contribution in [2.45, 2.75) is 40.2 Å². The minimum absolute atomic E-state index is 0.0212. The molecule has 1 unspecified atom stereocenters. The summed E-state index contributed by atoms with van der Waals surface area (Å²) in [7, 11) is 0. The molecule has 36 heavy (non-hydrogen) atoms. The first-order valence-corrected chi connectivity index (χ1v) is 12.4. The molecule has 1 atom stereocenters. The van der Waals surface area contributed by atoms with E-state index in [0.717, 1.165) is 35.2 Å². The molecule has 2 aromatic carbocycles. The number of anilines is 2. The Balaban J connectivity index is 1.44. The highest BCUT2D eigenvalue weighted by Gasteiger charge is 2.29. The molecule has 1 aliphatic heterocycles. The lowest BCUT2D eigenvalue weighted by Crippen LogP contribution is -2.44. The summed E-state index contributed by atoms with van der Waals surface area (Å²) in [5.41, 5.74) is 6.27. The van der Waals surface area contributed by atoms with Gasteiger partial charge in [-0.3, -0.25) is 14.2 Å². The molecule has 1 fully saturated rings. The number of piperidine rings is 1. The van der Waals surface area contributed by atoms with Gasteiger partial charge in [-0.25, -0.2) is 9.97 Å². The van der Waals surface area contributed by atoms with Crippen LogP contribution in [0.3, 0.4) is 0 Å². The quantitative estimate of drug-likeness (QED) is 0.450. The second-order valence-electron chi connectivity index (χ2n) is 9.81. The van der Waals surface area contributed by atoms with E-state index in [9.17, 15) is 9.59 Å². The summed E-state index contributed by atoms with van der Waals surface area (Å²) in [5, 5.41) is 3.08. The third-order valence-corrected chi connectivity index (χ3v) is 6.73. The number of carbonyl (C=O) groups excluding carboxylic acids is 1. The van der Waals surface area contributed by atoms with E-state index in [0.29, 0.717) is 36.6 Å². The number of benzene rings is 2. The van der Waals surface area contributed by atoms with Crippen LogP contribution in [0.5, 0.6) is 0 Å². The topological polar surface area (TPSA) is 80.1 Å². The fourth-order valence-electron chi connectivity index (χ4n) is 4.97. The molecule has 1 aliphatic rings. The molecular weight excluding hydrogens is 450 g/mol. The van der Waals surface area contributed by atoms with Gasteiger partial charge in [0.1, 0.15) is 5.52 Å². The summed E-state index contributed by atoms with van der Waals surface area (Å²) >= 11 is 0. The number of carbonyl (C=O) groups is 1. The fourth-order valence-corrected chi connectivity index (χ4v) is 4.97. The summed E-state index contributed by atoms with van der Waals surface area (Å²) in [5.74, 6) is 0.134. The van der Waals surface area contributed by atoms with E-state index in [1.165, 1.54) is 5.56 Å². The van der Waals surface area contributed by atoms with Crippen molar-refractivity contribution in [2.24, 2.45) is 5.92 Å². The van der Waals surface area contributed by atoms with Crippen LogP contribution in [-0.4, -0.2) is 33.5 Å². The van der Waals surface area contributed by atoms with Crippen molar-refractivity contribution in [3.8, 4) is 0 Å². The van der Waals surface area contributed by atoms with Gasteiger partial charge >= 0.3 is 0 Å². The van der Waals surface area contributed by atoms with Gasteiger partial charge in [-0.15, -0.1) is 0 Å². The van der Waals surface area contributed by atoms with Gasteiger partial charge in [-0.2, -0.15) is 0 Å². The first-order chi connectivity index (χ1) is 17.4. The van der Waals surface area contributed by atoms with Crippen LogP contribution in [0.25, 0.3) is 11.2 Å².